The number of anilines is 1. The predicted octanol–water partition coefficient (Wildman–Crippen LogP) is 1.46. The third-order valence-corrected chi connectivity index (χ3v) is 2.07. The number of hydrogen-bond acceptors (Lipinski definition) is 2. The largest absolute Gasteiger partial charge is 0.347 e. The molecule has 1 aromatic carbocycles. The van der Waals surface area contributed by atoms with Crippen LogP contribution in [0.25, 0.3) is 0 Å². The summed E-state index contributed by atoms with van der Waals surface area (Å²) in [6.07, 6.45) is 0.387. The Balaban J connectivity index is 2.43. The number of amides is 2. The number of aryl methyl sites for hydroxylation is 1. The van der Waals surface area contributed by atoms with Crippen LogP contribution in [-0.2, 0) is 9.59 Å². The van der Waals surface area contributed by atoms with Crippen LogP contribution >= 0.6 is 0 Å². The van der Waals surface area contributed by atoms with Gasteiger partial charge in [-0.2, -0.15) is 0 Å². The summed E-state index contributed by atoms with van der Waals surface area (Å²) < 4.78 is 0. The first-order valence-electron chi connectivity index (χ1n) is 5.25. The van der Waals surface area contributed by atoms with Crippen molar-refractivity contribution in [3.8, 4) is 0 Å². The van der Waals surface area contributed by atoms with E-state index >= 15 is 0 Å². The van der Waals surface area contributed by atoms with Gasteiger partial charge >= 0.3 is 0 Å². The van der Waals surface area contributed by atoms with E-state index in [0.29, 0.717) is 6.42 Å². The van der Waals surface area contributed by atoms with Crippen molar-refractivity contribution >= 4 is 17.5 Å². The van der Waals surface area contributed by atoms with E-state index in [4.69, 9.17) is 0 Å². The molecule has 0 unspecified atom stereocenters. The van der Waals surface area contributed by atoms with Crippen molar-refractivity contribution in [2.24, 2.45) is 0 Å². The maximum absolute atomic E-state index is 11.4. The maximum atomic E-state index is 11.4. The lowest BCUT2D eigenvalue weighted by atomic mass is 10.2. The number of nitrogens with one attached hydrogen (secondary N) is 2. The second-order valence-corrected chi connectivity index (χ2v) is 3.55. The van der Waals surface area contributed by atoms with Gasteiger partial charge in [0.15, 0.2) is 0 Å². The van der Waals surface area contributed by atoms with E-state index in [0.717, 1.165) is 11.3 Å². The van der Waals surface area contributed by atoms with Crippen molar-refractivity contribution in [3.63, 3.8) is 0 Å². The first-order valence-corrected chi connectivity index (χ1v) is 5.25. The standard InChI is InChI=1S/C12H16N2O2/c1-3-11(15)13-8-12(16)14-10-6-4-5-9(2)7-10/h4-7H,3,8H2,1-2H3,(H,13,15)(H,14,16). The Hall–Kier alpha value is -1.84. The summed E-state index contributed by atoms with van der Waals surface area (Å²) in [4.78, 5) is 22.3. The van der Waals surface area contributed by atoms with Gasteiger partial charge in [-0.05, 0) is 24.6 Å². The highest BCUT2D eigenvalue weighted by atomic mass is 16.2. The molecule has 1 aromatic rings. The van der Waals surface area contributed by atoms with E-state index in [1.165, 1.54) is 0 Å². The fraction of sp³-hybridized carbons (Fsp3) is 0.333. The van der Waals surface area contributed by atoms with Crippen LogP contribution in [0.2, 0.25) is 0 Å². The van der Waals surface area contributed by atoms with Crippen LogP contribution in [0.3, 0.4) is 0 Å². The quantitative estimate of drug-likeness (QED) is 0.807. The Morgan fingerprint density at radius 2 is 2.00 bits per heavy atom. The molecular formula is C12H16N2O2. The van der Waals surface area contributed by atoms with E-state index in [-0.39, 0.29) is 18.4 Å². The van der Waals surface area contributed by atoms with Gasteiger partial charge in [0.1, 0.15) is 0 Å². The van der Waals surface area contributed by atoms with E-state index < -0.39 is 0 Å². The van der Waals surface area contributed by atoms with Crippen molar-refractivity contribution in [2.75, 3.05) is 11.9 Å². The SMILES string of the molecule is CCC(=O)NCC(=O)Nc1cccc(C)c1. The molecule has 0 aliphatic carbocycles. The highest BCUT2D eigenvalue weighted by Gasteiger charge is 2.03. The summed E-state index contributed by atoms with van der Waals surface area (Å²) in [7, 11) is 0. The van der Waals surface area contributed by atoms with Crippen LogP contribution in [0, 0.1) is 6.92 Å². The van der Waals surface area contributed by atoms with Gasteiger partial charge in [-0.15, -0.1) is 0 Å². The summed E-state index contributed by atoms with van der Waals surface area (Å²) >= 11 is 0. The monoisotopic (exact) mass is 220 g/mol. The second kappa shape index (κ2) is 5.90. The van der Waals surface area contributed by atoms with Crippen molar-refractivity contribution < 1.29 is 9.59 Å². The molecule has 0 aliphatic rings. The molecule has 2 N–H and O–H groups in total. The average Bonchev–Trinajstić information content (AvgIpc) is 2.26. The van der Waals surface area contributed by atoms with Gasteiger partial charge in [-0.25, -0.2) is 0 Å². The summed E-state index contributed by atoms with van der Waals surface area (Å²) in [6.45, 7) is 3.71. The maximum Gasteiger partial charge on any atom is 0.243 e. The van der Waals surface area contributed by atoms with Crippen LogP contribution in [-0.4, -0.2) is 18.4 Å². The molecule has 0 saturated heterocycles. The molecule has 4 heteroatoms. The minimum atomic E-state index is -0.215. The molecule has 0 aliphatic heterocycles. The van der Waals surface area contributed by atoms with Gasteiger partial charge in [0.2, 0.25) is 11.8 Å². The van der Waals surface area contributed by atoms with Crippen molar-refractivity contribution in [3.05, 3.63) is 29.8 Å². The normalized spacial score (nSPS) is 9.62. The molecule has 0 atom stereocenters. The third kappa shape index (κ3) is 4.13. The van der Waals surface area contributed by atoms with E-state index in [1.807, 2.05) is 31.2 Å². The molecule has 0 fully saturated rings. The zero-order valence-electron chi connectivity index (χ0n) is 9.54. The summed E-state index contributed by atoms with van der Waals surface area (Å²) in [5.41, 5.74) is 1.83. The molecule has 1 rings (SSSR count). The number of benzene rings is 1. The molecule has 4 nitrogen and oxygen atoms in total. The van der Waals surface area contributed by atoms with Crippen LogP contribution in [0.1, 0.15) is 18.9 Å². The summed E-state index contributed by atoms with van der Waals surface area (Å²) in [6, 6.07) is 7.51. The van der Waals surface area contributed by atoms with Gasteiger partial charge in [0, 0.05) is 12.1 Å². The number of hydrogen-bond donors (Lipinski definition) is 2. The smallest absolute Gasteiger partial charge is 0.243 e. The lowest BCUT2D eigenvalue weighted by molar-refractivity contribution is -0.123. The first kappa shape index (κ1) is 12.2. The van der Waals surface area contributed by atoms with E-state index in [1.54, 1.807) is 6.92 Å². The van der Waals surface area contributed by atoms with Gasteiger partial charge in [-0.1, -0.05) is 19.1 Å². The molecule has 0 spiro atoms. The Morgan fingerprint density at radius 3 is 2.62 bits per heavy atom. The van der Waals surface area contributed by atoms with Crippen molar-refractivity contribution in [2.45, 2.75) is 20.3 Å². The number of carbonyl (C=O) groups is 2. The first-order chi connectivity index (χ1) is 7.61. The molecule has 0 heterocycles. The minimum Gasteiger partial charge on any atom is -0.347 e. The van der Waals surface area contributed by atoms with Crippen molar-refractivity contribution in [1.82, 2.24) is 5.32 Å². The zero-order valence-corrected chi connectivity index (χ0v) is 9.54. The molecule has 86 valence electrons. The Kier molecular flexibility index (Phi) is 4.51. The highest BCUT2D eigenvalue weighted by Crippen LogP contribution is 2.08. The van der Waals surface area contributed by atoms with Crippen LogP contribution in [0.5, 0.6) is 0 Å². The second-order valence-electron chi connectivity index (χ2n) is 3.55. The zero-order chi connectivity index (χ0) is 12.0. The molecule has 0 saturated carbocycles. The lowest BCUT2D eigenvalue weighted by Crippen LogP contribution is -2.32. The summed E-state index contributed by atoms with van der Waals surface area (Å²) in [5, 5.41) is 5.22. The van der Waals surface area contributed by atoms with Crippen LogP contribution < -0.4 is 10.6 Å². The average molecular weight is 220 g/mol. The van der Waals surface area contributed by atoms with E-state index in [2.05, 4.69) is 10.6 Å². The van der Waals surface area contributed by atoms with Gasteiger partial charge in [0.25, 0.3) is 0 Å². The van der Waals surface area contributed by atoms with Gasteiger partial charge in [0.05, 0.1) is 6.54 Å². The highest BCUT2D eigenvalue weighted by molar-refractivity contribution is 5.94. The Bertz CT molecular complexity index is 388. The minimum absolute atomic E-state index is 0.0145. The fourth-order valence-electron chi connectivity index (χ4n) is 1.23. The van der Waals surface area contributed by atoms with Crippen molar-refractivity contribution in [1.29, 1.82) is 0 Å². The number of rotatable bonds is 4. The molecule has 16 heavy (non-hydrogen) atoms. The third-order valence-electron chi connectivity index (χ3n) is 2.07. The summed E-state index contributed by atoms with van der Waals surface area (Å²) in [5.74, 6) is -0.341. The molecular weight excluding hydrogens is 204 g/mol. The molecule has 0 bridgehead atoms. The van der Waals surface area contributed by atoms with Gasteiger partial charge in [-0.3, -0.25) is 9.59 Å². The Morgan fingerprint density at radius 1 is 1.25 bits per heavy atom. The van der Waals surface area contributed by atoms with Gasteiger partial charge < -0.3 is 10.6 Å². The van der Waals surface area contributed by atoms with Crippen LogP contribution in [0.15, 0.2) is 24.3 Å². The predicted molar refractivity (Wildman–Crippen MR) is 63.1 cm³/mol. The lowest BCUT2D eigenvalue weighted by Gasteiger charge is -2.06. The molecule has 2 amide bonds. The van der Waals surface area contributed by atoms with E-state index in [9.17, 15) is 9.59 Å². The van der Waals surface area contributed by atoms with Crippen LogP contribution in [0.4, 0.5) is 5.69 Å². The fourth-order valence-corrected chi connectivity index (χ4v) is 1.23. The molecule has 0 aromatic heterocycles. The Labute approximate surface area is 95.0 Å². The number of carbonyl (C=O) groups excluding carboxylic acids is 2. The molecule has 0 radical (unpaired) electrons. The topological polar surface area (TPSA) is 58.2 Å².